The lowest BCUT2D eigenvalue weighted by Gasteiger charge is -2.10. The van der Waals surface area contributed by atoms with Crippen LogP contribution in [0.25, 0.3) is 0 Å². The molecule has 0 aliphatic carbocycles. The van der Waals surface area contributed by atoms with Crippen LogP contribution in [-0.2, 0) is 0 Å². The molecular formula is C11H16F2N4O. The van der Waals surface area contributed by atoms with Crippen molar-refractivity contribution in [3.05, 3.63) is 24.3 Å². The van der Waals surface area contributed by atoms with Crippen LogP contribution in [0, 0.1) is 0 Å². The molecule has 1 aromatic carbocycles. The molecule has 0 amide bonds. The molecule has 4 N–H and O–H groups in total. The topological polar surface area (TPSA) is 71.7 Å². The lowest BCUT2D eigenvalue weighted by Crippen LogP contribution is -2.36. The van der Waals surface area contributed by atoms with Gasteiger partial charge in [0.15, 0.2) is 0 Å². The summed E-state index contributed by atoms with van der Waals surface area (Å²) in [5, 5.41) is 2.91. The predicted octanol–water partition coefficient (Wildman–Crippen LogP) is 1.93. The third-order valence-electron chi connectivity index (χ3n) is 1.97. The number of alkyl halides is 2. The van der Waals surface area contributed by atoms with Gasteiger partial charge < -0.3 is 10.1 Å². The fraction of sp³-hybridized carbons (Fsp3) is 0.364. The molecule has 5 nitrogen and oxygen atoms in total. The molecular weight excluding hydrogens is 242 g/mol. The number of hydrogen-bond donors (Lipinski definition) is 3. The number of nitrogens with zero attached hydrogens (tertiary/aromatic N) is 1. The Morgan fingerprint density at radius 1 is 1.39 bits per heavy atom. The maximum absolute atomic E-state index is 11.9. The van der Waals surface area contributed by atoms with E-state index in [1.807, 2.05) is 6.92 Å². The van der Waals surface area contributed by atoms with E-state index in [0.717, 1.165) is 6.42 Å². The molecule has 0 radical (unpaired) electrons. The highest BCUT2D eigenvalue weighted by Gasteiger charge is 2.04. The number of ether oxygens (including phenoxy) is 1. The van der Waals surface area contributed by atoms with Crippen LogP contribution < -0.4 is 21.3 Å². The van der Waals surface area contributed by atoms with Crippen LogP contribution in [0.5, 0.6) is 5.75 Å². The average molecular weight is 258 g/mol. The second kappa shape index (κ2) is 7.44. The van der Waals surface area contributed by atoms with Crippen molar-refractivity contribution in [3.63, 3.8) is 0 Å². The molecule has 0 heterocycles. The van der Waals surface area contributed by atoms with Gasteiger partial charge in [-0.3, -0.25) is 10.4 Å². The zero-order chi connectivity index (χ0) is 13.4. The average Bonchev–Trinajstić information content (AvgIpc) is 2.36. The molecule has 18 heavy (non-hydrogen) atoms. The molecule has 0 spiro atoms. The lowest BCUT2D eigenvalue weighted by atomic mass is 10.3. The molecule has 0 atom stereocenters. The van der Waals surface area contributed by atoms with Crippen molar-refractivity contribution in [2.45, 2.75) is 20.0 Å². The van der Waals surface area contributed by atoms with Gasteiger partial charge in [-0.1, -0.05) is 6.92 Å². The number of rotatable bonds is 5. The van der Waals surface area contributed by atoms with Crippen LogP contribution in [0.15, 0.2) is 29.3 Å². The van der Waals surface area contributed by atoms with E-state index in [-0.39, 0.29) is 5.75 Å². The monoisotopic (exact) mass is 258 g/mol. The Balaban J connectivity index is 2.62. The lowest BCUT2D eigenvalue weighted by molar-refractivity contribution is -0.0498. The van der Waals surface area contributed by atoms with Crippen molar-refractivity contribution in [1.29, 1.82) is 0 Å². The van der Waals surface area contributed by atoms with E-state index in [0.29, 0.717) is 18.2 Å². The molecule has 0 saturated carbocycles. The number of halogens is 2. The second-order valence-electron chi connectivity index (χ2n) is 3.40. The van der Waals surface area contributed by atoms with Gasteiger partial charge in [-0.25, -0.2) is 5.84 Å². The first kappa shape index (κ1) is 14.2. The number of hydrazine groups is 1. The number of guanidine groups is 1. The summed E-state index contributed by atoms with van der Waals surface area (Å²) in [6, 6.07) is 6.05. The van der Waals surface area contributed by atoms with Gasteiger partial charge in [-0.05, 0) is 30.7 Å². The van der Waals surface area contributed by atoms with Crippen molar-refractivity contribution in [2.24, 2.45) is 10.8 Å². The molecule has 0 unspecified atom stereocenters. The van der Waals surface area contributed by atoms with Gasteiger partial charge in [0.2, 0.25) is 5.96 Å². The zero-order valence-electron chi connectivity index (χ0n) is 9.99. The fourth-order valence-electron chi connectivity index (χ4n) is 1.20. The Morgan fingerprint density at radius 3 is 2.56 bits per heavy atom. The minimum atomic E-state index is -2.82. The molecule has 0 aromatic heterocycles. The highest BCUT2D eigenvalue weighted by Crippen LogP contribution is 2.17. The first-order valence-corrected chi connectivity index (χ1v) is 5.48. The molecule has 7 heteroatoms. The van der Waals surface area contributed by atoms with Gasteiger partial charge in [0.25, 0.3) is 0 Å². The standard InChI is InChI=1S/C11H16F2N4O/c1-2-7-15-11(17-14)16-8-3-5-9(6-4-8)18-10(12)13/h3-6,10H,2,7,14H2,1H3,(H2,15,16,17). The third kappa shape index (κ3) is 4.96. The summed E-state index contributed by atoms with van der Waals surface area (Å²) >= 11 is 0. The minimum Gasteiger partial charge on any atom is -0.435 e. The summed E-state index contributed by atoms with van der Waals surface area (Å²) in [6.45, 7) is -0.191. The molecule has 0 fully saturated rings. The van der Waals surface area contributed by atoms with E-state index in [1.54, 1.807) is 12.1 Å². The van der Waals surface area contributed by atoms with Crippen LogP contribution >= 0.6 is 0 Å². The van der Waals surface area contributed by atoms with E-state index < -0.39 is 6.61 Å². The second-order valence-corrected chi connectivity index (χ2v) is 3.40. The number of nitrogens with one attached hydrogen (secondary N) is 2. The van der Waals surface area contributed by atoms with Gasteiger partial charge >= 0.3 is 6.61 Å². The van der Waals surface area contributed by atoms with Crippen molar-refractivity contribution < 1.29 is 13.5 Å². The number of anilines is 1. The highest BCUT2D eigenvalue weighted by atomic mass is 19.3. The summed E-state index contributed by atoms with van der Waals surface area (Å²) < 4.78 is 28.1. The molecule has 0 aliphatic heterocycles. The maximum Gasteiger partial charge on any atom is 0.387 e. The number of aliphatic imine (C=N–C) groups is 1. The smallest absolute Gasteiger partial charge is 0.387 e. The minimum absolute atomic E-state index is 0.100. The van der Waals surface area contributed by atoms with Gasteiger partial charge in [0, 0.05) is 12.2 Å². The van der Waals surface area contributed by atoms with Gasteiger partial charge in [-0.2, -0.15) is 8.78 Å². The van der Waals surface area contributed by atoms with Crippen molar-refractivity contribution in [2.75, 3.05) is 11.9 Å². The van der Waals surface area contributed by atoms with Gasteiger partial charge in [0.1, 0.15) is 5.75 Å². The molecule has 1 rings (SSSR count). The van der Waals surface area contributed by atoms with E-state index in [9.17, 15) is 8.78 Å². The molecule has 0 aliphatic rings. The van der Waals surface area contributed by atoms with E-state index in [1.165, 1.54) is 12.1 Å². The number of hydrogen-bond acceptors (Lipinski definition) is 3. The van der Waals surface area contributed by atoms with Crippen LogP contribution in [0.2, 0.25) is 0 Å². The highest BCUT2D eigenvalue weighted by molar-refractivity contribution is 5.93. The summed E-state index contributed by atoms with van der Waals surface area (Å²) in [6.07, 6.45) is 0.897. The van der Waals surface area contributed by atoms with Crippen molar-refractivity contribution >= 4 is 11.6 Å². The van der Waals surface area contributed by atoms with Gasteiger partial charge in [-0.15, -0.1) is 0 Å². The molecule has 0 bridgehead atoms. The summed E-state index contributed by atoms with van der Waals surface area (Å²) in [5.41, 5.74) is 3.09. The van der Waals surface area contributed by atoms with Crippen LogP contribution in [0.3, 0.4) is 0 Å². The largest absolute Gasteiger partial charge is 0.435 e. The van der Waals surface area contributed by atoms with E-state index in [2.05, 4.69) is 20.5 Å². The fourth-order valence-corrected chi connectivity index (χ4v) is 1.20. The first-order valence-electron chi connectivity index (χ1n) is 5.48. The quantitative estimate of drug-likeness (QED) is 0.326. The first-order chi connectivity index (χ1) is 8.65. The van der Waals surface area contributed by atoms with Gasteiger partial charge in [0.05, 0.1) is 0 Å². The Labute approximate surface area is 104 Å². The Kier molecular flexibility index (Phi) is 5.86. The Bertz CT molecular complexity index is 381. The van der Waals surface area contributed by atoms with Crippen LogP contribution in [0.1, 0.15) is 13.3 Å². The summed E-state index contributed by atoms with van der Waals surface area (Å²) in [5.74, 6) is 5.81. The Hall–Kier alpha value is -1.89. The Morgan fingerprint density at radius 2 is 2.06 bits per heavy atom. The maximum atomic E-state index is 11.9. The van der Waals surface area contributed by atoms with Crippen molar-refractivity contribution in [1.82, 2.24) is 5.43 Å². The predicted molar refractivity (Wildman–Crippen MR) is 66.6 cm³/mol. The van der Waals surface area contributed by atoms with Crippen molar-refractivity contribution in [3.8, 4) is 5.75 Å². The zero-order valence-corrected chi connectivity index (χ0v) is 9.99. The number of benzene rings is 1. The molecule has 0 saturated heterocycles. The number of nitrogens with two attached hydrogens (primary N) is 1. The molecule has 100 valence electrons. The molecule has 1 aromatic rings. The van der Waals surface area contributed by atoms with Crippen LogP contribution in [-0.4, -0.2) is 19.1 Å². The van der Waals surface area contributed by atoms with Crippen LogP contribution in [0.4, 0.5) is 14.5 Å². The SMILES string of the molecule is CCCN=C(NN)Nc1ccc(OC(F)F)cc1. The summed E-state index contributed by atoms with van der Waals surface area (Å²) in [4.78, 5) is 4.14. The summed E-state index contributed by atoms with van der Waals surface area (Å²) in [7, 11) is 0. The van der Waals surface area contributed by atoms with E-state index in [4.69, 9.17) is 5.84 Å². The normalized spacial score (nSPS) is 11.5. The van der Waals surface area contributed by atoms with E-state index >= 15 is 0 Å². The third-order valence-corrected chi connectivity index (χ3v) is 1.97.